The fraction of sp³-hybridized carbons (Fsp3) is 0.600. The van der Waals surface area contributed by atoms with Crippen molar-refractivity contribution in [1.29, 1.82) is 0 Å². The van der Waals surface area contributed by atoms with Gasteiger partial charge in [-0.25, -0.2) is 0 Å². The lowest BCUT2D eigenvalue weighted by Crippen LogP contribution is -2.31. The van der Waals surface area contributed by atoms with Crippen LogP contribution in [0.4, 0.5) is 5.69 Å². The van der Waals surface area contributed by atoms with Crippen LogP contribution in [0.1, 0.15) is 31.4 Å². The molecule has 0 aliphatic carbocycles. The average molecular weight is 230 g/mol. The number of hydrogen-bond donors (Lipinski definition) is 1. The number of rotatable bonds is 1. The lowest BCUT2D eigenvalue weighted by atomic mass is 9.98. The molecule has 1 aromatic rings. The molecular weight excluding hydrogens is 208 g/mol. The Balaban J connectivity index is 1.97. The largest absolute Gasteiger partial charge is 0.368 e. The quantitative estimate of drug-likeness (QED) is 0.797. The molecule has 0 bridgehead atoms. The summed E-state index contributed by atoms with van der Waals surface area (Å²) in [7, 11) is 0. The van der Waals surface area contributed by atoms with Crippen LogP contribution in [-0.4, -0.2) is 19.1 Å². The lowest BCUT2D eigenvalue weighted by Gasteiger charge is -2.29. The zero-order chi connectivity index (χ0) is 11.8. The smallest absolute Gasteiger partial charge is 0.0405 e. The number of nitrogens with one attached hydrogen (secondary N) is 1. The highest BCUT2D eigenvalue weighted by Gasteiger charge is 2.28. The molecule has 17 heavy (non-hydrogen) atoms. The van der Waals surface area contributed by atoms with E-state index in [4.69, 9.17) is 0 Å². The van der Waals surface area contributed by atoms with Crippen molar-refractivity contribution >= 4 is 5.69 Å². The molecule has 0 spiro atoms. The van der Waals surface area contributed by atoms with E-state index in [1.165, 1.54) is 30.6 Å². The van der Waals surface area contributed by atoms with E-state index in [0.717, 1.165) is 19.0 Å². The number of benzene rings is 1. The molecule has 3 rings (SSSR count). The van der Waals surface area contributed by atoms with E-state index in [1.54, 1.807) is 5.56 Å². The highest BCUT2D eigenvalue weighted by molar-refractivity contribution is 5.59. The molecule has 1 saturated heterocycles. The van der Waals surface area contributed by atoms with Crippen molar-refractivity contribution in [3.8, 4) is 0 Å². The van der Waals surface area contributed by atoms with E-state index in [-0.39, 0.29) is 0 Å². The van der Waals surface area contributed by atoms with Crippen LogP contribution in [0, 0.1) is 5.92 Å². The summed E-state index contributed by atoms with van der Waals surface area (Å²) in [5.41, 5.74) is 4.59. The Kier molecular flexibility index (Phi) is 2.83. The molecular formula is C15H22N2. The summed E-state index contributed by atoms with van der Waals surface area (Å²) in [4.78, 5) is 2.62. The van der Waals surface area contributed by atoms with Gasteiger partial charge in [0.25, 0.3) is 0 Å². The van der Waals surface area contributed by atoms with Crippen molar-refractivity contribution in [2.45, 2.75) is 39.3 Å². The van der Waals surface area contributed by atoms with Gasteiger partial charge in [0, 0.05) is 24.8 Å². The summed E-state index contributed by atoms with van der Waals surface area (Å²) in [6, 6.07) is 7.51. The minimum atomic E-state index is 0.700. The first-order chi connectivity index (χ1) is 8.25. The van der Waals surface area contributed by atoms with E-state index in [1.807, 2.05) is 0 Å². The van der Waals surface area contributed by atoms with Crippen LogP contribution in [0.5, 0.6) is 0 Å². The standard InChI is InChI=1S/C15H22N2/c1-11-8-12(2)17(10-11)15-5-3-4-13-9-16-7-6-14(13)15/h3-5,11-12,16H,6-10H2,1-2H3. The van der Waals surface area contributed by atoms with Gasteiger partial charge in [0.15, 0.2) is 0 Å². The van der Waals surface area contributed by atoms with Gasteiger partial charge in [-0.1, -0.05) is 19.1 Å². The predicted octanol–water partition coefficient (Wildman–Crippen LogP) is 2.57. The van der Waals surface area contributed by atoms with Gasteiger partial charge in [-0.2, -0.15) is 0 Å². The van der Waals surface area contributed by atoms with E-state index < -0.39 is 0 Å². The van der Waals surface area contributed by atoms with Gasteiger partial charge < -0.3 is 10.2 Å². The normalized spacial score (nSPS) is 28.2. The fourth-order valence-electron chi connectivity index (χ4n) is 3.42. The highest BCUT2D eigenvalue weighted by Crippen LogP contribution is 2.33. The van der Waals surface area contributed by atoms with Gasteiger partial charge in [0.05, 0.1) is 0 Å². The van der Waals surface area contributed by atoms with Crippen LogP contribution in [0.25, 0.3) is 0 Å². The summed E-state index contributed by atoms with van der Waals surface area (Å²) < 4.78 is 0. The first-order valence-electron chi connectivity index (χ1n) is 6.84. The van der Waals surface area contributed by atoms with Crippen LogP contribution >= 0.6 is 0 Å². The topological polar surface area (TPSA) is 15.3 Å². The molecule has 1 N–H and O–H groups in total. The maximum absolute atomic E-state index is 3.46. The van der Waals surface area contributed by atoms with Gasteiger partial charge in [0.2, 0.25) is 0 Å². The Morgan fingerprint density at radius 3 is 2.94 bits per heavy atom. The monoisotopic (exact) mass is 230 g/mol. The first-order valence-corrected chi connectivity index (χ1v) is 6.84. The molecule has 2 aliphatic heterocycles. The second-order valence-electron chi connectivity index (χ2n) is 5.68. The molecule has 1 aromatic carbocycles. The van der Waals surface area contributed by atoms with Crippen molar-refractivity contribution < 1.29 is 0 Å². The molecule has 2 unspecified atom stereocenters. The Labute approximate surface area is 104 Å². The maximum atomic E-state index is 3.46. The second-order valence-corrected chi connectivity index (χ2v) is 5.68. The molecule has 2 heterocycles. The van der Waals surface area contributed by atoms with Gasteiger partial charge in [-0.3, -0.25) is 0 Å². The summed E-state index contributed by atoms with van der Waals surface area (Å²) in [6.45, 7) is 8.13. The molecule has 0 radical (unpaired) electrons. The molecule has 0 amide bonds. The second kappa shape index (κ2) is 4.34. The molecule has 2 nitrogen and oxygen atoms in total. The van der Waals surface area contributed by atoms with E-state index in [2.05, 4.69) is 42.3 Å². The van der Waals surface area contributed by atoms with E-state index in [9.17, 15) is 0 Å². The molecule has 92 valence electrons. The third-order valence-electron chi connectivity index (χ3n) is 4.21. The van der Waals surface area contributed by atoms with Gasteiger partial charge in [-0.05, 0) is 49.4 Å². The molecule has 0 aromatic heterocycles. The van der Waals surface area contributed by atoms with Crippen molar-refractivity contribution in [2.75, 3.05) is 18.0 Å². The summed E-state index contributed by atoms with van der Waals surface area (Å²) in [5.74, 6) is 0.836. The van der Waals surface area contributed by atoms with Crippen LogP contribution in [-0.2, 0) is 13.0 Å². The molecule has 2 atom stereocenters. The Morgan fingerprint density at radius 1 is 1.29 bits per heavy atom. The average Bonchev–Trinajstić information content (AvgIpc) is 2.68. The van der Waals surface area contributed by atoms with Crippen molar-refractivity contribution in [1.82, 2.24) is 5.32 Å². The maximum Gasteiger partial charge on any atom is 0.0405 e. The number of anilines is 1. The summed E-state index contributed by atoms with van der Waals surface area (Å²) >= 11 is 0. The third-order valence-corrected chi connectivity index (χ3v) is 4.21. The zero-order valence-corrected chi connectivity index (χ0v) is 10.9. The fourth-order valence-corrected chi connectivity index (χ4v) is 3.42. The van der Waals surface area contributed by atoms with Gasteiger partial charge >= 0.3 is 0 Å². The summed E-state index contributed by atoms with van der Waals surface area (Å²) in [6.07, 6.45) is 2.52. The SMILES string of the molecule is CC1CC(C)N(c2cccc3c2CCNC3)C1. The van der Waals surface area contributed by atoms with Crippen LogP contribution < -0.4 is 10.2 Å². The Bertz CT molecular complexity index is 413. The van der Waals surface area contributed by atoms with Crippen molar-refractivity contribution in [3.05, 3.63) is 29.3 Å². The van der Waals surface area contributed by atoms with Crippen LogP contribution in [0.3, 0.4) is 0 Å². The van der Waals surface area contributed by atoms with Gasteiger partial charge in [0.1, 0.15) is 0 Å². The molecule has 0 saturated carbocycles. The first kappa shape index (κ1) is 11.1. The predicted molar refractivity (Wildman–Crippen MR) is 72.4 cm³/mol. The van der Waals surface area contributed by atoms with Crippen molar-refractivity contribution in [2.24, 2.45) is 5.92 Å². The number of hydrogen-bond acceptors (Lipinski definition) is 2. The third kappa shape index (κ3) is 1.95. The minimum Gasteiger partial charge on any atom is -0.368 e. The van der Waals surface area contributed by atoms with Crippen LogP contribution in [0.15, 0.2) is 18.2 Å². The van der Waals surface area contributed by atoms with Crippen molar-refractivity contribution in [3.63, 3.8) is 0 Å². The summed E-state index contributed by atoms with van der Waals surface area (Å²) in [5, 5.41) is 3.46. The zero-order valence-electron chi connectivity index (χ0n) is 10.9. The molecule has 1 fully saturated rings. The van der Waals surface area contributed by atoms with E-state index >= 15 is 0 Å². The Hall–Kier alpha value is -1.02. The molecule has 2 heteroatoms. The van der Waals surface area contributed by atoms with E-state index in [0.29, 0.717) is 6.04 Å². The Morgan fingerprint density at radius 2 is 2.18 bits per heavy atom. The number of fused-ring (bicyclic) bond motifs is 1. The highest BCUT2D eigenvalue weighted by atomic mass is 15.2. The van der Waals surface area contributed by atoms with Gasteiger partial charge in [-0.15, -0.1) is 0 Å². The van der Waals surface area contributed by atoms with Crippen LogP contribution in [0.2, 0.25) is 0 Å². The number of nitrogens with zero attached hydrogens (tertiary/aromatic N) is 1. The lowest BCUT2D eigenvalue weighted by molar-refractivity contribution is 0.624. The minimum absolute atomic E-state index is 0.700. The molecule has 2 aliphatic rings.